The van der Waals surface area contributed by atoms with Crippen molar-refractivity contribution in [1.29, 1.82) is 0 Å². The van der Waals surface area contributed by atoms with E-state index in [1.807, 2.05) is 43.7 Å². The van der Waals surface area contributed by atoms with E-state index in [2.05, 4.69) is 9.88 Å². The molecule has 0 bridgehead atoms. The van der Waals surface area contributed by atoms with Crippen LogP contribution in [0, 0.1) is 6.92 Å². The second kappa shape index (κ2) is 5.50. The summed E-state index contributed by atoms with van der Waals surface area (Å²) in [6.45, 7) is 4.64. The molecule has 1 heterocycles. The first-order valence-electron chi connectivity index (χ1n) is 5.96. The summed E-state index contributed by atoms with van der Waals surface area (Å²) in [6.07, 6.45) is -0.453. The Morgan fingerprint density at radius 3 is 2.72 bits per heavy atom. The first kappa shape index (κ1) is 13.1. The lowest BCUT2D eigenvalue weighted by molar-refractivity contribution is 0.199. The second-order valence-corrected chi connectivity index (χ2v) is 5.39. The Morgan fingerprint density at radius 2 is 2.11 bits per heavy atom. The molecule has 1 aromatic heterocycles. The Hall–Kier alpha value is -1.39. The molecule has 0 fully saturated rings. The first-order valence-corrected chi connectivity index (χ1v) is 6.84. The van der Waals surface area contributed by atoms with Crippen molar-refractivity contribution in [2.24, 2.45) is 0 Å². The van der Waals surface area contributed by atoms with E-state index in [-0.39, 0.29) is 0 Å². The van der Waals surface area contributed by atoms with Crippen LogP contribution in [0.5, 0.6) is 0 Å². The number of benzene rings is 1. The predicted molar refractivity (Wildman–Crippen MR) is 76.0 cm³/mol. The lowest BCUT2D eigenvalue weighted by Gasteiger charge is -2.23. The molecule has 1 atom stereocenters. The van der Waals surface area contributed by atoms with E-state index < -0.39 is 6.10 Å². The molecule has 1 aromatic carbocycles. The third kappa shape index (κ3) is 2.71. The van der Waals surface area contributed by atoms with Crippen molar-refractivity contribution in [2.45, 2.75) is 26.5 Å². The van der Waals surface area contributed by atoms with E-state index in [0.717, 1.165) is 23.5 Å². The Morgan fingerprint density at radius 1 is 1.39 bits per heavy atom. The Bertz CT molecular complexity index is 522. The lowest BCUT2D eigenvalue weighted by atomic mass is 10.1. The van der Waals surface area contributed by atoms with Gasteiger partial charge in [0.15, 0.2) is 0 Å². The quantitative estimate of drug-likeness (QED) is 0.919. The van der Waals surface area contributed by atoms with Gasteiger partial charge in [0.25, 0.3) is 0 Å². The highest BCUT2D eigenvalue weighted by Crippen LogP contribution is 2.27. The van der Waals surface area contributed by atoms with Crippen LogP contribution in [-0.4, -0.2) is 17.1 Å². The van der Waals surface area contributed by atoms with Crippen LogP contribution in [-0.2, 0) is 6.54 Å². The molecule has 0 unspecified atom stereocenters. The first-order chi connectivity index (χ1) is 8.59. The number of hydrogen-bond donors (Lipinski definition) is 1. The van der Waals surface area contributed by atoms with Crippen LogP contribution in [0.25, 0.3) is 0 Å². The molecule has 0 aliphatic carbocycles. The van der Waals surface area contributed by atoms with Crippen molar-refractivity contribution in [3.63, 3.8) is 0 Å². The normalized spacial score (nSPS) is 12.4. The average molecular weight is 262 g/mol. The van der Waals surface area contributed by atoms with Gasteiger partial charge >= 0.3 is 0 Å². The molecule has 0 saturated heterocycles. The highest BCUT2D eigenvalue weighted by atomic mass is 32.1. The van der Waals surface area contributed by atoms with Gasteiger partial charge in [-0.3, -0.25) is 0 Å². The van der Waals surface area contributed by atoms with Crippen LogP contribution < -0.4 is 4.90 Å². The molecular formula is C14H18N2OS. The predicted octanol–water partition coefficient (Wildman–Crippen LogP) is 3.14. The number of hydrogen-bond acceptors (Lipinski definition) is 4. The number of nitrogens with zero attached hydrogens (tertiary/aromatic N) is 2. The van der Waals surface area contributed by atoms with Crippen LogP contribution in [0.15, 0.2) is 29.8 Å². The third-order valence-electron chi connectivity index (χ3n) is 3.02. The molecule has 0 saturated carbocycles. The number of aliphatic hydroxyl groups excluding tert-OH is 1. The summed E-state index contributed by atoms with van der Waals surface area (Å²) in [5.41, 5.74) is 4.99. The molecule has 2 rings (SSSR count). The maximum Gasteiger partial charge on any atom is 0.0798 e. The molecule has 18 heavy (non-hydrogen) atoms. The molecule has 3 nitrogen and oxygen atoms in total. The van der Waals surface area contributed by atoms with Crippen molar-refractivity contribution in [2.75, 3.05) is 11.9 Å². The lowest BCUT2D eigenvalue weighted by Crippen LogP contribution is -2.18. The number of para-hydroxylation sites is 1. The summed E-state index contributed by atoms with van der Waals surface area (Å²) in [7, 11) is 2.04. The van der Waals surface area contributed by atoms with E-state index in [4.69, 9.17) is 0 Å². The van der Waals surface area contributed by atoms with Crippen LogP contribution in [0.1, 0.15) is 29.2 Å². The minimum absolute atomic E-state index is 0.453. The zero-order chi connectivity index (χ0) is 13.1. The van der Waals surface area contributed by atoms with Crippen LogP contribution in [0.4, 0.5) is 5.69 Å². The van der Waals surface area contributed by atoms with Gasteiger partial charge < -0.3 is 10.0 Å². The number of aryl methyl sites for hydroxylation is 1. The smallest absolute Gasteiger partial charge is 0.0798 e. The molecule has 1 N–H and O–H groups in total. The Balaban J connectivity index is 2.24. The fraction of sp³-hybridized carbons (Fsp3) is 0.357. The minimum Gasteiger partial charge on any atom is -0.389 e. The molecule has 96 valence electrons. The molecule has 0 amide bonds. The number of aromatic nitrogens is 1. The molecule has 0 aliphatic heterocycles. The van der Waals surface area contributed by atoms with E-state index >= 15 is 0 Å². The van der Waals surface area contributed by atoms with Crippen molar-refractivity contribution in [1.82, 2.24) is 4.98 Å². The van der Waals surface area contributed by atoms with Crippen LogP contribution in [0.3, 0.4) is 0 Å². The maximum atomic E-state index is 9.80. The summed E-state index contributed by atoms with van der Waals surface area (Å²) in [6, 6.07) is 7.96. The highest BCUT2D eigenvalue weighted by Gasteiger charge is 2.12. The topological polar surface area (TPSA) is 36.4 Å². The number of thiazole rings is 1. The Labute approximate surface area is 112 Å². The van der Waals surface area contributed by atoms with Crippen LogP contribution >= 0.6 is 11.3 Å². The van der Waals surface area contributed by atoms with Gasteiger partial charge in [-0.05, 0) is 19.9 Å². The average Bonchev–Trinajstić information content (AvgIpc) is 2.75. The van der Waals surface area contributed by atoms with Crippen LogP contribution in [0.2, 0.25) is 0 Å². The van der Waals surface area contributed by atoms with Gasteiger partial charge in [-0.2, -0.15) is 0 Å². The highest BCUT2D eigenvalue weighted by molar-refractivity contribution is 7.09. The molecule has 2 aromatic rings. The van der Waals surface area contributed by atoms with Crippen molar-refractivity contribution in [3.05, 3.63) is 45.9 Å². The van der Waals surface area contributed by atoms with Gasteiger partial charge in [0.05, 0.1) is 23.9 Å². The standard InChI is InChI=1S/C14H18N2OS/c1-10-14(18-9-15-10)8-16(3)13-7-5-4-6-12(13)11(2)17/h4-7,9,11,17H,8H2,1-3H3/t11-/m0/s1. The zero-order valence-electron chi connectivity index (χ0n) is 10.9. The van der Waals surface area contributed by atoms with E-state index in [1.165, 1.54) is 4.88 Å². The summed E-state index contributed by atoms with van der Waals surface area (Å²) in [5.74, 6) is 0. The third-order valence-corrected chi connectivity index (χ3v) is 3.94. The minimum atomic E-state index is -0.453. The van der Waals surface area contributed by atoms with Crippen molar-refractivity contribution in [3.8, 4) is 0 Å². The monoisotopic (exact) mass is 262 g/mol. The number of aliphatic hydroxyl groups is 1. The fourth-order valence-electron chi connectivity index (χ4n) is 1.97. The van der Waals surface area contributed by atoms with Gasteiger partial charge in [0.1, 0.15) is 0 Å². The molecule has 0 spiro atoms. The summed E-state index contributed by atoms with van der Waals surface area (Å²) >= 11 is 1.67. The van der Waals surface area contributed by atoms with Gasteiger partial charge in [-0.1, -0.05) is 18.2 Å². The second-order valence-electron chi connectivity index (χ2n) is 4.45. The maximum absolute atomic E-state index is 9.80. The molecular weight excluding hydrogens is 244 g/mol. The van der Waals surface area contributed by atoms with Crippen molar-refractivity contribution < 1.29 is 5.11 Å². The van der Waals surface area contributed by atoms with Crippen molar-refractivity contribution >= 4 is 17.0 Å². The molecule has 0 radical (unpaired) electrons. The van der Waals surface area contributed by atoms with Gasteiger partial charge in [-0.15, -0.1) is 11.3 Å². The summed E-state index contributed by atoms with van der Waals surface area (Å²) < 4.78 is 0. The van der Waals surface area contributed by atoms with E-state index in [1.54, 1.807) is 18.3 Å². The number of anilines is 1. The van der Waals surface area contributed by atoms with Gasteiger partial charge in [0, 0.05) is 23.2 Å². The number of rotatable bonds is 4. The molecule has 0 aliphatic rings. The fourth-order valence-corrected chi connectivity index (χ4v) is 2.80. The Kier molecular flexibility index (Phi) is 3.99. The molecule has 4 heteroatoms. The largest absolute Gasteiger partial charge is 0.389 e. The summed E-state index contributed by atoms with van der Waals surface area (Å²) in [5, 5.41) is 9.80. The van der Waals surface area contributed by atoms with E-state index in [0.29, 0.717) is 0 Å². The van der Waals surface area contributed by atoms with E-state index in [9.17, 15) is 5.11 Å². The zero-order valence-corrected chi connectivity index (χ0v) is 11.7. The van der Waals surface area contributed by atoms with Gasteiger partial charge in [0.2, 0.25) is 0 Å². The van der Waals surface area contributed by atoms with Gasteiger partial charge in [-0.25, -0.2) is 4.98 Å². The summed E-state index contributed by atoms with van der Waals surface area (Å²) in [4.78, 5) is 7.68. The SMILES string of the molecule is Cc1ncsc1CN(C)c1ccccc1[C@H](C)O.